The molecule has 0 aliphatic rings. The summed E-state index contributed by atoms with van der Waals surface area (Å²) in [5, 5.41) is 17.9. The third kappa shape index (κ3) is 7.46. The van der Waals surface area contributed by atoms with E-state index in [1.165, 1.54) is 0 Å². The zero-order chi connectivity index (χ0) is 13.8. The molecule has 0 aliphatic heterocycles. The number of rotatable bonds is 12. The maximum Gasteiger partial charge on any atom is 0.0436 e. The molecule has 0 fully saturated rings. The monoisotopic (exact) mass is 252 g/mol. The standard InChI is InChI=1S/C16H28O2/c1-4-14(9-11-17)7-8-15(5-2)13-16(6-3)10-12-18/h4-6,14-18H,1-3,7-13H2. The molecule has 0 saturated carbocycles. The van der Waals surface area contributed by atoms with E-state index in [0.717, 1.165) is 32.1 Å². The van der Waals surface area contributed by atoms with Crippen LogP contribution in [0, 0.1) is 17.8 Å². The van der Waals surface area contributed by atoms with Gasteiger partial charge in [-0.3, -0.25) is 0 Å². The highest BCUT2D eigenvalue weighted by Crippen LogP contribution is 2.24. The first-order valence-corrected chi connectivity index (χ1v) is 6.81. The van der Waals surface area contributed by atoms with Crippen LogP contribution in [0.15, 0.2) is 38.0 Å². The van der Waals surface area contributed by atoms with Crippen LogP contribution in [-0.2, 0) is 0 Å². The average Bonchev–Trinajstić information content (AvgIpc) is 2.40. The van der Waals surface area contributed by atoms with Crippen molar-refractivity contribution in [3.8, 4) is 0 Å². The molecule has 104 valence electrons. The summed E-state index contributed by atoms with van der Waals surface area (Å²) < 4.78 is 0. The number of aliphatic hydroxyl groups is 2. The number of hydrogen-bond donors (Lipinski definition) is 2. The molecule has 0 rings (SSSR count). The highest BCUT2D eigenvalue weighted by atomic mass is 16.3. The molecular formula is C16H28O2. The summed E-state index contributed by atoms with van der Waals surface area (Å²) in [6.45, 7) is 11.9. The lowest BCUT2D eigenvalue weighted by atomic mass is 9.86. The second-order valence-electron chi connectivity index (χ2n) is 4.82. The van der Waals surface area contributed by atoms with Gasteiger partial charge in [-0.1, -0.05) is 18.2 Å². The van der Waals surface area contributed by atoms with Crippen LogP contribution in [0.2, 0.25) is 0 Å². The van der Waals surface area contributed by atoms with Crippen molar-refractivity contribution in [1.29, 1.82) is 0 Å². The second kappa shape index (κ2) is 11.2. The minimum absolute atomic E-state index is 0.209. The van der Waals surface area contributed by atoms with Crippen molar-refractivity contribution in [1.82, 2.24) is 0 Å². The van der Waals surface area contributed by atoms with E-state index in [4.69, 9.17) is 10.2 Å². The van der Waals surface area contributed by atoms with Crippen LogP contribution in [0.4, 0.5) is 0 Å². The van der Waals surface area contributed by atoms with E-state index in [1.807, 2.05) is 18.2 Å². The Morgan fingerprint density at radius 3 is 1.50 bits per heavy atom. The smallest absolute Gasteiger partial charge is 0.0436 e. The number of hydrogen-bond acceptors (Lipinski definition) is 2. The minimum atomic E-state index is 0.209. The molecule has 3 atom stereocenters. The van der Waals surface area contributed by atoms with Crippen LogP contribution >= 0.6 is 0 Å². The van der Waals surface area contributed by atoms with Crippen molar-refractivity contribution >= 4 is 0 Å². The lowest BCUT2D eigenvalue weighted by Crippen LogP contribution is -2.09. The number of allylic oxidation sites excluding steroid dienone is 3. The van der Waals surface area contributed by atoms with Crippen molar-refractivity contribution < 1.29 is 10.2 Å². The Labute approximate surface area is 112 Å². The van der Waals surface area contributed by atoms with Crippen molar-refractivity contribution in [3.63, 3.8) is 0 Å². The molecule has 0 heterocycles. The van der Waals surface area contributed by atoms with Gasteiger partial charge in [0.15, 0.2) is 0 Å². The molecule has 0 aromatic heterocycles. The van der Waals surface area contributed by atoms with Gasteiger partial charge in [-0.25, -0.2) is 0 Å². The lowest BCUT2D eigenvalue weighted by molar-refractivity contribution is 0.252. The van der Waals surface area contributed by atoms with Crippen LogP contribution in [0.25, 0.3) is 0 Å². The first-order chi connectivity index (χ1) is 8.71. The lowest BCUT2D eigenvalue weighted by Gasteiger charge is -2.20. The molecule has 2 heteroatoms. The second-order valence-corrected chi connectivity index (χ2v) is 4.82. The summed E-state index contributed by atoms with van der Waals surface area (Å²) in [4.78, 5) is 0. The first kappa shape index (κ1) is 17.1. The summed E-state index contributed by atoms with van der Waals surface area (Å²) in [6.07, 6.45) is 10.5. The third-order valence-corrected chi connectivity index (χ3v) is 3.51. The van der Waals surface area contributed by atoms with Gasteiger partial charge in [-0.2, -0.15) is 0 Å². The van der Waals surface area contributed by atoms with Crippen LogP contribution in [0.5, 0.6) is 0 Å². The van der Waals surface area contributed by atoms with Gasteiger partial charge in [0.25, 0.3) is 0 Å². The summed E-state index contributed by atoms with van der Waals surface area (Å²) >= 11 is 0. The molecule has 0 spiro atoms. The van der Waals surface area contributed by atoms with Gasteiger partial charge in [0.2, 0.25) is 0 Å². The average molecular weight is 252 g/mol. The van der Waals surface area contributed by atoms with E-state index < -0.39 is 0 Å². The zero-order valence-electron chi connectivity index (χ0n) is 11.4. The third-order valence-electron chi connectivity index (χ3n) is 3.51. The molecular weight excluding hydrogens is 224 g/mol. The van der Waals surface area contributed by atoms with Crippen LogP contribution in [0.1, 0.15) is 32.1 Å². The van der Waals surface area contributed by atoms with Crippen LogP contribution in [0.3, 0.4) is 0 Å². The highest BCUT2D eigenvalue weighted by molar-refractivity contribution is 4.89. The Balaban J connectivity index is 4.12. The Morgan fingerprint density at radius 1 is 0.667 bits per heavy atom. The summed E-state index contributed by atoms with van der Waals surface area (Å²) in [7, 11) is 0. The predicted molar refractivity (Wildman–Crippen MR) is 78.3 cm³/mol. The fourth-order valence-corrected chi connectivity index (χ4v) is 2.19. The van der Waals surface area contributed by atoms with E-state index in [0.29, 0.717) is 17.8 Å². The molecule has 2 N–H and O–H groups in total. The first-order valence-electron chi connectivity index (χ1n) is 6.81. The summed E-state index contributed by atoms with van der Waals surface area (Å²) in [5.41, 5.74) is 0. The van der Waals surface area contributed by atoms with Crippen LogP contribution in [-0.4, -0.2) is 23.4 Å². The van der Waals surface area contributed by atoms with Gasteiger partial charge in [0, 0.05) is 13.2 Å². The van der Waals surface area contributed by atoms with Gasteiger partial charge in [0.05, 0.1) is 0 Å². The van der Waals surface area contributed by atoms with E-state index in [2.05, 4.69) is 19.7 Å². The molecule has 0 amide bonds. The van der Waals surface area contributed by atoms with Crippen molar-refractivity contribution in [2.45, 2.75) is 32.1 Å². The Morgan fingerprint density at radius 2 is 1.06 bits per heavy atom. The molecule has 0 radical (unpaired) electrons. The fraction of sp³-hybridized carbons (Fsp3) is 0.625. The van der Waals surface area contributed by atoms with Gasteiger partial charge in [0.1, 0.15) is 0 Å². The van der Waals surface area contributed by atoms with Crippen LogP contribution < -0.4 is 0 Å². The van der Waals surface area contributed by atoms with E-state index in [9.17, 15) is 0 Å². The maximum absolute atomic E-state index is 8.96. The molecule has 2 nitrogen and oxygen atoms in total. The quantitative estimate of drug-likeness (QED) is 0.523. The normalized spacial score (nSPS) is 15.7. The number of aliphatic hydroxyl groups excluding tert-OH is 2. The molecule has 18 heavy (non-hydrogen) atoms. The molecule has 0 aromatic carbocycles. The van der Waals surface area contributed by atoms with E-state index in [-0.39, 0.29) is 13.2 Å². The Hall–Kier alpha value is -0.860. The molecule has 0 aromatic rings. The van der Waals surface area contributed by atoms with Crippen molar-refractivity contribution in [2.75, 3.05) is 13.2 Å². The van der Waals surface area contributed by atoms with Gasteiger partial charge in [-0.15, -0.1) is 19.7 Å². The van der Waals surface area contributed by atoms with E-state index >= 15 is 0 Å². The zero-order valence-corrected chi connectivity index (χ0v) is 11.4. The van der Waals surface area contributed by atoms with Crippen molar-refractivity contribution in [3.05, 3.63) is 38.0 Å². The van der Waals surface area contributed by atoms with Gasteiger partial charge >= 0.3 is 0 Å². The minimum Gasteiger partial charge on any atom is -0.396 e. The predicted octanol–water partition coefficient (Wildman–Crippen LogP) is 3.33. The SMILES string of the molecule is C=CC(CCO)CCC(C=C)CC(C=C)CCO. The Bertz CT molecular complexity index is 235. The molecule has 3 unspecified atom stereocenters. The van der Waals surface area contributed by atoms with Gasteiger partial charge in [-0.05, 0) is 49.9 Å². The fourth-order valence-electron chi connectivity index (χ4n) is 2.19. The molecule has 0 bridgehead atoms. The van der Waals surface area contributed by atoms with E-state index in [1.54, 1.807) is 0 Å². The Kier molecular flexibility index (Phi) is 10.7. The summed E-state index contributed by atoms with van der Waals surface area (Å²) in [6, 6.07) is 0. The molecule has 0 aliphatic carbocycles. The van der Waals surface area contributed by atoms with Crippen molar-refractivity contribution in [2.24, 2.45) is 17.8 Å². The molecule has 0 saturated heterocycles. The summed E-state index contributed by atoms with van der Waals surface area (Å²) in [5.74, 6) is 1.19. The largest absolute Gasteiger partial charge is 0.396 e. The topological polar surface area (TPSA) is 40.5 Å². The van der Waals surface area contributed by atoms with Gasteiger partial charge < -0.3 is 10.2 Å². The maximum atomic E-state index is 8.96. The highest BCUT2D eigenvalue weighted by Gasteiger charge is 2.13.